The maximum Gasteiger partial charge on any atom is 0.0517 e. The van der Waals surface area contributed by atoms with E-state index in [1.54, 1.807) is 0 Å². The van der Waals surface area contributed by atoms with Gasteiger partial charge in [-0.15, -0.1) is 0 Å². The van der Waals surface area contributed by atoms with Gasteiger partial charge in [-0.3, -0.25) is 0 Å². The maximum absolute atomic E-state index is 2.68. The number of hydrogen-bond acceptors (Lipinski definition) is 1. The Morgan fingerprint density at radius 2 is 1.32 bits per heavy atom. The van der Waals surface area contributed by atoms with E-state index in [0.717, 1.165) is 0 Å². The Labute approximate surface area is 225 Å². The van der Waals surface area contributed by atoms with Crippen molar-refractivity contribution in [2.24, 2.45) is 0 Å². The minimum atomic E-state index is 0.0721. The van der Waals surface area contributed by atoms with Crippen molar-refractivity contribution in [2.45, 2.75) is 57.4 Å². The lowest BCUT2D eigenvalue weighted by atomic mass is 9.61. The third kappa shape index (κ3) is 2.72. The van der Waals surface area contributed by atoms with Gasteiger partial charge in [0.25, 0.3) is 0 Å². The van der Waals surface area contributed by atoms with Crippen LogP contribution in [-0.2, 0) is 5.41 Å². The Morgan fingerprint density at radius 3 is 2.11 bits per heavy atom. The highest BCUT2D eigenvalue weighted by molar-refractivity contribution is 6.25. The van der Waals surface area contributed by atoms with E-state index in [4.69, 9.17) is 0 Å². The number of benzene rings is 6. The van der Waals surface area contributed by atoms with Gasteiger partial charge < -0.3 is 4.90 Å². The molecule has 0 radical (unpaired) electrons. The SMILES string of the molecule is Cc1cc2c(cc1-c1ccc3ccc4cccc5ccc1c3c45)C1(C)CCCCC1(C)N2c1ccccc1. The van der Waals surface area contributed by atoms with Gasteiger partial charge in [0.05, 0.1) is 5.54 Å². The van der Waals surface area contributed by atoms with Crippen LogP contribution in [0.25, 0.3) is 43.4 Å². The molecule has 0 saturated heterocycles. The molecule has 8 rings (SSSR count). The van der Waals surface area contributed by atoms with E-state index in [1.807, 2.05) is 0 Å². The fourth-order valence-corrected chi connectivity index (χ4v) is 8.12. The first-order valence-corrected chi connectivity index (χ1v) is 14.2. The number of para-hydroxylation sites is 1. The van der Waals surface area contributed by atoms with Gasteiger partial charge in [-0.25, -0.2) is 0 Å². The Morgan fingerprint density at radius 1 is 0.632 bits per heavy atom. The lowest BCUT2D eigenvalue weighted by Crippen LogP contribution is -2.54. The lowest BCUT2D eigenvalue weighted by Gasteiger charge is -2.50. The largest absolute Gasteiger partial charge is 0.334 e. The Kier molecular flexibility index (Phi) is 4.44. The van der Waals surface area contributed by atoms with Crippen molar-refractivity contribution in [3.8, 4) is 11.1 Å². The Balaban J connectivity index is 1.41. The van der Waals surface area contributed by atoms with Crippen LogP contribution in [0.3, 0.4) is 0 Å². The molecule has 2 unspecified atom stereocenters. The highest BCUT2D eigenvalue weighted by Gasteiger charge is 2.57. The summed E-state index contributed by atoms with van der Waals surface area (Å²) >= 11 is 0. The molecule has 1 aliphatic heterocycles. The molecule has 0 bridgehead atoms. The predicted octanol–water partition coefficient (Wildman–Crippen LogP) is 10.3. The zero-order valence-electron chi connectivity index (χ0n) is 22.5. The van der Waals surface area contributed by atoms with Gasteiger partial charge in [0, 0.05) is 16.8 Å². The van der Waals surface area contributed by atoms with E-state index in [-0.39, 0.29) is 11.0 Å². The zero-order valence-corrected chi connectivity index (χ0v) is 22.5. The molecule has 0 spiro atoms. The van der Waals surface area contributed by atoms with Crippen molar-refractivity contribution >= 4 is 43.7 Å². The Bertz CT molecular complexity index is 1850. The first-order chi connectivity index (χ1) is 18.5. The summed E-state index contributed by atoms with van der Waals surface area (Å²) in [4.78, 5) is 2.68. The first kappa shape index (κ1) is 22.2. The van der Waals surface area contributed by atoms with E-state index >= 15 is 0 Å². The van der Waals surface area contributed by atoms with Crippen LogP contribution in [0.5, 0.6) is 0 Å². The topological polar surface area (TPSA) is 3.24 Å². The molecule has 0 aromatic heterocycles. The van der Waals surface area contributed by atoms with Crippen molar-refractivity contribution in [2.75, 3.05) is 4.90 Å². The van der Waals surface area contributed by atoms with Crippen LogP contribution in [-0.4, -0.2) is 5.54 Å². The molecule has 1 saturated carbocycles. The van der Waals surface area contributed by atoms with Crippen molar-refractivity contribution < 1.29 is 0 Å². The third-order valence-corrected chi connectivity index (χ3v) is 10.3. The van der Waals surface area contributed by atoms with Gasteiger partial charge in [0.15, 0.2) is 0 Å². The number of rotatable bonds is 2. The summed E-state index contributed by atoms with van der Waals surface area (Å²) in [5.41, 5.74) is 8.52. The smallest absolute Gasteiger partial charge is 0.0517 e. The summed E-state index contributed by atoms with van der Waals surface area (Å²) in [6.45, 7) is 7.37. The minimum absolute atomic E-state index is 0.0721. The minimum Gasteiger partial charge on any atom is -0.334 e. The average Bonchev–Trinajstić information content (AvgIpc) is 3.14. The fourth-order valence-electron chi connectivity index (χ4n) is 8.12. The third-order valence-electron chi connectivity index (χ3n) is 10.3. The highest BCUT2D eigenvalue weighted by atomic mass is 15.3. The maximum atomic E-state index is 2.68. The van der Waals surface area contributed by atoms with Crippen molar-refractivity contribution in [3.63, 3.8) is 0 Å². The molecule has 186 valence electrons. The summed E-state index contributed by atoms with van der Waals surface area (Å²) < 4.78 is 0. The van der Waals surface area contributed by atoms with Crippen molar-refractivity contribution in [3.05, 3.63) is 108 Å². The van der Waals surface area contributed by atoms with Gasteiger partial charge in [-0.2, -0.15) is 0 Å². The molecule has 38 heavy (non-hydrogen) atoms. The molecular formula is C37H33N. The second-order valence-electron chi connectivity index (χ2n) is 12.1. The number of aryl methyl sites for hydroxylation is 1. The number of hydrogen-bond donors (Lipinski definition) is 0. The highest BCUT2D eigenvalue weighted by Crippen LogP contribution is 2.61. The molecule has 0 N–H and O–H groups in total. The molecule has 1 heterocycles. The van der Waals surface area contributed by atoms with Gasteiger partial charge in [-0.1, -0.05) is 92.6 Å². The van der Waals surface area contributed by atoms with Crippen LogP contribution in [0.15, 0.2) is 97.1 Å². The summed E-state index contributed by atoms with van der Waals surface area (Å²) in [7, 11) is 0. The average molecular weight is 492 g/mol. The summed E-state index contributed by atoms with van der Waals surface area (Å²) in [6.07, 6.45) is 5.06. The van der Waals surface area contributed by atoms with Crippen LogP contribution in [0, 0.1) is 6.92 Å². The molecule has 1 heteroatoms. The molecule has 0 amide bonds. The first-order valence-electron chi connectivity index (χ1n) is 14.2. The molecule has 6 aromatic rings. The monoisotopic (exact) mass is 491 g/mol. The molecule has 1 fully saturated rings. The van der Waals surface area contributed by atoms with E-state index in [1.165, 1.54) is 91.6 Å². The van der Waals surface area contributed by atoms with E-state index in [2.05, 4.69) is 123 Å². The summed E-state index contributed by atoms with van der Waals surface area (Å²) in [5, 5.41) is 8.14. The standard InChI is InChI=1S/C37H33N/c1-24-22-33-32(36(2)20-7-8-21-37(36,3)38(33)28-12-5-4-6-13-28)23-31(24)29-18-16-27-15-14-25-10-9-11-26-17-19-30(29)35(27)34(25)26/h4-6,9-19,22-23H,7-8,20-21H2,1-3H3. The van der Waals surface area contributed by atoms with Crippen LogP contribution < -0.4 is 4.90 Å². The van der Waals surface area contributed by atoms with Gasteiger partial charge in [0.2, 0.25) is 0 Å². The van der Waals surface area contributed by atoms with Crippen molar-refractivity contribution in [1.29, 1.82) is 0 Å². The number of nitrogens with zero attached hydrogens (tertiary/aromatic N) is 1. The molecule has 1 aliphatic carbocycles. The van der Waals surface area contributed by atoms with E-state index in [9.17, 15) is 0 Å². The van der Waals surface area contributed by atoms with Crippen LogP contribution >= 0.6 is 0 Å². The molecule has 2 aliphatic rings. The van der Waals surface area contributed by atoms with Gasteiger partial charge in [0.1, 0.15) is 0 Å². The van der Waals surface area contributed by atoms with Gasteiger partial charge >= 0.3 is 0 Å². The second kappa shape index (κ2) is 7.60. The molecule has 6 aromatic carbocycles. The number of fused-ring (bicyclic) bond motifs is 3. The van der Waals surface area contributed by atoms with Gasteiger partial charge in [-0.05, 0) is 106 Å². The van der Waals surface area contributed by atoms with Crippen LogP contribution in [0.1, 0.15) is 50.7 Å². The van der Waals surface area contributed by atoms with E-state index < -0.39 is 0 Å². The summed E-state index contributed by atoms with van der Waals surface area (Å²) in [6, 6.07) is 36.7. The number of anilines is 2. The lowest BCUT2D eigenvalue weighted by molar-refractivity contribution is 0.195. The zero-order chi connectivity index (χ0) is 25.6. The molecule has 1 nitrogen and oxygen atoms in total. The van der Waals surface area contributed by atoms with Crippen LogP contribution in [0.4, 0.5) is 11.4 Å². The normalized spacial score (nSPS) is 22.9. The van der Waals surface area contributed by atoms with Crippen LogP contribution in [0.2, 0.25) is 0 Å². The quantitative estimate of drug-likeness (QED) is 0.218. The predicted molar refractivity (Wildman–Crippen MR) is 163 cm³/mol. The second-order valence-corrected chi connectivity index (χ2v) is 12.1. The Hall–Kier alpha value is -3.84. The summed E-state index contributed by atoms with van der Waals surface area (Å²) in [5.74, 6) is 0. The molecule has 2 atom stereocenters. The molecular weight excluding hydrogens is 458 g/mol. The van der Waals surface area contributed by atoms with Crippen molar-refractivity contribution in [1.82, 2.24) is 0 Å². The fraction of sp³-hybridized carbons (Fsp3) is 0.243. The van der Waals surface area contributed by atoms with E-state index in [0.29, 0.717) is 0 Å².